The van der Waals surface area contributed by atoms with Crippen LogP contribution in [0.15, 0.2) is 53.7 Å². The highest BCUT2D eigenvalue weighted by atomic mass is 16.5. The van der Waals surface area contributed by atoms with E-state index in [4.69, 9.17) is 4.74 Å². The molecule has 1 aliphatic heterocycles. The van der Waals surface area contributed by atoms with E-state index in [2.05, 4.69) is 43.7 Å². The predicted octanol–water partition coefficient (Wildman–Crippen LogP) is 1.78. The van der Waals surface area contributed by atoms with Crippen LogP contribution in [0.2, 0.25) is 0 Å². The average molecular weight is 339 g/mol. The molecular formula is C19H25N5O. The minimum atomic E-state index is 0.676. The van der Waals surface area contributed by atoms with Gasteiger partial charge in [-0.2, -0.15) is 0 Å². The molecule has 25 heavy (non-hydrogen) atoms. The van der Waals surface area contributed by atoms with Crippen molar-refractivity contribution in [1.82, 2.24) is 15.6 Å². The molecule has 6 heteroatoms. The van der Waals surface area contributed by atoms with Crippen molar-refractivity contribution in [1.29, 1.82) is 0 Å². The standard InChI is InChI=1S/C19H25N5O/c1-20-19(22-14-16-6-3-2-4-7-16)23-15-17-8-5-9-21-18(17)24-10-12-25-13-11-24/h2-9H,10-15H2,1H3,(H2,20,22,23). The number of nitrogens with zero attached hydrogens (tertiary/aromatic N) is 3. The number of nitrogens with one attached hydrogen (secondary N) is 2. The number of pyridine rings is 1. The molecule has 2 N–H and O–H groups in total. The summed E-state index contributed by atoms with van der Waals surface area (Å²) in [6, 6.07) is 14.4. The van der Waals surface area contributed by atoms with Crippen LogP contribution in [0.1, 0.15) is 11.1 Å². The molecular weight excluding hydrogens is 314 g/mol. The number of morpholine rings is 1. The van der Waals surface area contributed by atoms with Crippen molar-refractivity contribution in [3.63, 3.8) is 0 Å². The van der Waals surface area contributed by atoms with Gasteiger partial charge in [-0.15, -0.1) is 0 Å². The van der Waals surface area contributed by atoms with E-state index in [1.807, 2.05) is 30.5 Å². The molecule has 0 atom stereocenters. The molecule has 6 nitrogen and oxygen atoms in total. The first kappa shape index (κ1) is 17.2. The van der Waals surface area contributed by atoms with Crippen molar-refractivity contribution in [3.05, 3.63) is 59.8 Å². The van der Waals surface area contributed by atoms with Gasteiger partial charge in [0, 0.05) is 45.0 Å². The van der Waals surface area contributed by atoms with Gasteiger partial charge in [0.2, 0.25) is 0 Å². The number of rotatable bonds is 5. The first-order valence-electron chi connectivity index (χ1n) is 8.62. The van der Waals surface area contributed by atoms with E-state index < -0.39 is 0 Å². The Morgan fingerprint density at radius 1 is 1.08 bits per heavy atom. The first-order valence-corrected chi connectivity index (χ1v) is 8.62. The second-order valence-electron chi connectivity index (χ2n) is 5.85. The van der Waals surface area contributed by atoms with E-state index in [0.29, 0.717) is 6.54 Å². The summed E-state index contributed by atoms with van der Waals surface area (Å²) in [5, 5.41) is 6.72. The number of anilines is 1. The van der Waals surface area contributed by atoms with Gasteiger partial charge < -0.3 is 20.3 Å². The van der Waals surface area contributed by atoms with Crippen molar-refractivity contribution < 1.29 is 4.74 Å². The summed E-state index contributed by atoms with van der Waals surface area (Å²) in [5.74, 6) is 1.80. The van der Waals surface area contributed by atoms with Crippen LogP contribution in [-0.4, -0.2) is 44.3 Å². The Balaban J connectivity index is 1.58. The topological polar surface area (TPSA) is 61.8 Å². The van der Waals surface area contributed by atoms with Crippen LogP contribution in [0.3, 0.4) is 0 Å². The van der Waals surface area contributed by atoms with E-state index in [0.717, 1.165) is 50.2 Å². The summed E-state index contributed by atoms with van der Waals surface area (Å²) < 4.78 is 5.44. The average Bonchev–Trinajstić information content (AvgIpc) is 2.70. The monoisotopic (exact) mass is 339 g/mol. The van der Waals surface area contributed by atoms with Crippen LogP contribution in [-0.2, 0) is 17.8 Å². The Labute approximate surface area is 148 Å². The van der Waals surface area contributed by atoms with Gasteiger partial charge in [-0.25, -0.2) is 4.98 Å². The summed E-state index contributed by atoms with van der Waals surface area (Å²) >= 11 is 0. The quantitative estimate of drug-likeness (QED) is 0.642. The molecule has 2 aromatic rings. The highest BCUT2D eigenvalue weighted by molar-refractivity contribution is 5.79. The molecule has 1 aromatic heterocycles. The van der Waals surface area contributed by atoms with Crippen molar-refractivity contribution in [2.75, 3.05) is 38.3 Å². The molecule has 0 bridgehead atoms. The summed E-state index contributed by atoms with van der Waals surface area (Å²) in [6.07, 6.45) is 1.84. The van der Waals surface area contributed by atoms with Gasteiger partial charge in [0.1, 0.15) is 5.82 Å². The van der Waals surface area contributed by atoms with Gasteiger partial charge in [0.15, 0.2) is 5.96 Å². The lowest BCUT2D eigenvalue weighted by Gasteiger charge is -2.29. The zero-order valence-corrected chi connectivity index (χ0v) is 14.6. The highest BCUT2D eigenvalue weighted by Crippen LogP contribution is 2.18. The molecule has 1 saturated heterocycles. The zero-order valence-electron chi connectivity index (χ0n) is 14.6. The number of benzene rings is 1. The number of hydrogen-bond donors (Lipinski definition) is 2. The predicted molar refractivity (Wildman–Crippen MR) is 101 cm³/mol. The van der Waals surface area contributed by atoms with Crippen LogP contribution in [0, 0.1) is 0 Å². The molecule has 0 unspecified atom stereocenters. The number of hydrogen-bond acceptors (Lipinski definition) is 4. The van der Waals surface area contributed by atoms with Gasteiger partial charge in [0.05, 0.1) is 13.2 Å². The molecule has 3 rings (SSSR count). The fourth-order valence-corrected chi connectivity index (χ4v) is 2.81. The van der Waals surface area contributed by atoms with E-state index in [1.54, 1.807) is 7.05 Å². The maximum Gasteiger partial charge on any atom is 0.191 e. The van der Waals surface area contributed by atoms with Crippen LogP contribution in [0.4, 0.5) is 5.82 Å². The van der Waals surface area contributed by atoms with E-state index >= 15 is 0 Å². The van der Waals surface area contributed by atoms with Gasteiger partial charge in [-0.05, 0) is 11.6 Å². The Hall–Kier alpha value is -2.60. The minimum Gasteiger partial charge on any atom is -0.378 e. The fraction of sp³-hybridized carbons (Fsp3) is 0.368. The second kappa shape index (κ2) is 9.03. The van der Waals surface area contributed by atoms with Crippen molar-refractivity contribution in [2.45, 2.75) is 13.1 Å². The van der Waals surface area contributed by atoms with Gasteiger partial charge >= 0.3 is 0 Å². The molecule has 0 spiro atoms. The Kier molecular flexibility index (Phi) is 6.23. The van der Waals surface area contributed by atoms with Crippen LogP contribution in [0.25, 0.3) is 0 Å². The van der Waals surface area contributed by atoms with Gasteiger partial charge in [0.25, 0.3) is 0 Å². The third-order valence-corrected chi connectivity index (χ3v) is 4.15. The molecule has 0 amide bonds. The maximum atomic E-state index is 5.44. The Morgan fingerprint density at radius 3 is 2.60 bits per heavy atom. The van der Waals surface area contributed by atoms with E-state index in [1.165, 1.54) is 5.56 Å². The maximum absolute atomic E-state index is 5.44. The Morgan fingerprint density at radius 2 is 1.84 bits per heavy atom. The third-order valence-electron chi connectivity index (χ3n) is 4.15. The molecule has 2 heterocycles. The van der Waals surface area contributed by atoms with Crippen LogP contribution >= 0.6 is 0 Å². The van der Waals surface area contributed by atoms with Crippen molar-refractivity contribution in [2.24, 2.45) is 4.99 Å². The molecule has 1 fully saturated rings. The normalized spacial score (nSPS) is 15.1. The lowest BCUT2D eigenvalue weighted by molar-refractivity contribution is 0.122. The first-order chi connectivity index (χ1) is 12.4. The number of aliphatic imine (C=N–C) groups is 1. The molecule has 0 radical (unpaired) electrons. The highest BCUT2D eigenvalue weighted by Gasteiger charge is 2.15. The summed E-state index contributed by atoms with van der Waals surface area (Å²) in [5.41, 5.74) is 2.38. The third kappa shape index (κ3) is 4.93. The molecule has 0 saturated carbocycles. The lowest BCUT2D eigenvalue weighted by Crippen LogP contribution is -2.39. The minimum absolute atomic E-state index is 0.676. The second-order valence-corrected chi connectivity index (χ2v) is 5.85. The number of guanidine groups is 1. The summed E-state index contributed by atoms with van der Waals surface area (Å²) in [6.45, 7) is 4.68. The van der Waals surface area contributed by atoms with Crippen LogP contribution in [0.5, 0.6) is 0 Å². The number of aromatic nitrogens is 1. The van der Waals surface area contributed by atoms with E-state index in [-0.39, 0.29) is 0 Å². The fourth-order valence-electron chi connectivity index (χ4n) is 2.81. The molecule has 1 aliphatic rings. The SMILES string of the molecule is CN=C(NCc1ccccc1)NCc1cccnc1N1CCOCC1. The largest absolute Gasteiger partial charge is 0.378 e. The van der Waals surface area contributed by atoms with Crippen molar-refractivity contribution in [3.8, 4) is 0 Å². The lowest BCUT2D eigenvalue weighted by atomic mass is 10.2. The summed E-state index contributed by atoms with van der Waals surface area (Å²) in [4.78, 5) is 11.1. The van der Waals surface area contributed by atoms with Crippen molar-refractivity contribution >= 4 is 11.8 Å². The molecule has 132 valence electrons. The Bertz CT molecular complexity index is 683. The smallest absolute Gasteiger partial charge is 0.191 e. The zero-order chi connectivity index (χ0) is 17.3. The molecule has 1 aromatic carbocycles. The van der Waals surface area contributed by atoms with E-state index in [9.17, 15) is 0 Å². The van der Waals surface area contributed by atoms with Gasteiger partial charge in [-0.3, -0.25) is 4.99 Å². The van der Waals surface area contributed by atoms with Crippen LogP contribution < -0.4 is 15.5 Å². The molecule has 0 aliphatic carbocycles. The van der Waals surface area contributed by atoms with Gasteiger partial charge in [-0.1, -0.05) is 36.4 Å². The summed E-state index contributed by atoms with van der Waals surface area (Å²) in [7, 11) is 1.78. The number of ether oxygens (including phenoxy) is 1.